The molecule has 0 amide bonds. The van der Waals surface area contributed by atoms with Crippen molar-refractivity contribution < 1.29 is 0 Å². The largest absolute Gasteiger partial charge is 0.382 e. The monoisotopic (exact) mass is 265 g/mol. The van der Waals surface area contributed by atoms with Crippen molar-refractivity contribution in [1.29, 1.82) is 0 Å². The van der Waals surface area contributed by atoms with E-state index in [0.717, 1.165) is 15.7 Å². The molecule has 0 bridgehead atoms. The molecule has 0 saturated heterocycles. The molecule has 0 aliphatic rings. The second-order valence-electron chi connectivity index (χ2n) is 3.63. The van der Waals surface area contributed by atoms with E-state index in [4.69, 9.17) is 5.73 Å². The van der Waals surface area contributed by atoms with E-state index in [-0.39, 0.29) is 0 Å². The van der Waals surface area contributed by atoms with Gasteiger partial charge in [-0.05, 0) is 37.6 Å². The van der Waals surface area contributed by atoms with Crippen molar-refractivity contribution >= 4 is 21.7 Å². The molecule has 0 aliphatic carbocycles. The van der Waals surface area contributed by atoms with Gasteiger partial charge in [0.2, 0.25) is 0 Å². The SMILES string of the molecule is Cc1cc(Br)cc(-n2cc(C)c(N)n2)c1. The third kappa shape index (κ3) is 2.04. The fourth-order valence-corrected chi connectivity index (χ4v) is 2.05. The van der Waals surface area contributed by atoms with Crippen LogP contribution in [0.1, 0.15) is 11.1 Å². The van der Waals surface area contributed by atoms with Crippen molar-refractivity contribution in [3.05, 3.63) is 40.0 Å². The standard InChI is InChI=1S/C11H12BrN3/c1-7-3-9(12)5-10(4-7)15-6-8(2)11(13)14-15/h3-6H,1-2H3,(H2,13,14). The molecule has 1 aromatic heterocycles. The third-order valence-electron chi connectivity index (χ3n) is 2.23. The number of rotatable bonds is 1. The Morgan fingerprint density at radius 1 is 1.27 bits per heavy atom. The zero-order valence-electron chi connectivity index (χ0n) is 8.66. The predicted molar refractivity (Wildman–Crippen MR) is 65.2 cm³/mol. The number of benzene rings is 1. The lowest BCUT2D eigenvalue weighted by Gasteiger charge is -2.03. The molecule has 0 saturated carbocycles. The molecule has 0 unspecified atom stereocenters. The van der Waals surface area contributed by atoms with Crippen LogP contribution in [0.25, 0.3) is 5.69 Å². The van der Waals surface area contributed by atoms with E-state index in [2.05, 4.69) is 33.2 Å². The predicted octanol–water partition coefficient (Wildman–Crippen LogP) is 2.83. The van der Waals surface area contributed by atoms with E-state index >= 15 is 0 Å². The highest BCUT2D eigenvalue weighted by Crippen LogP contribution is 2.19. The highest BCUT2D eigenvalue weighted by atomic mass is 79.9. The van der Waals surface area contributed by atoms with Crippen LogP contribution in [-0.4, -0.2) is 9.78 Å². The number of nitrogens with two attached hydrogens (primary N) is 1. The first kappa shape index (κ1) is 10.2. The van der Waals surface area contributed by atoms with Gasteiger partial charge in [0, 0.05) is 16.2 Å². The maximum absolute atomic E-state index is 5.71. The fourth-order valence-electron chi connectivity index (χ4n) is 1.45. The molecule has 2 aromatic rings. The maximum Gasteiger partial charge on any atom is 0.148 e. The molecule has 0 aliphatic heterocycles. The summed E-state index contributed by atoms with van der Waals surface area (Å²) >= 11 is 3.46. The third-order valence-corrected chi connectivity index (χ3v) is 2.68. The molecule has 2 N–H and O–H groups in total. The minimum Gasteiger partial charge on any atom is -0.382 e. The van der Waals surface area contributed by atoms with Crippen molar-refractivity contribution in [3.8, 4) is 5.69 Å². The maximum atomic E-state index is 5.71. The average Bonchev–Trinajstić information content (AvgIpc) is 2.45. The number of aryl methyl sites for hydroxylation is 2. The Labute approximate surface area is 97.0 Å². The fraction of sp³-hybridized carbons (Fsp3) is 0.182. The minimum absolute atomic E-state index is 0.577. The van der Waals surface area contributed by atoms with E-state index in [9.17, 15) is 0 Å². The molecule has 78 valence electrons. The number of nitrogen functional groups attached to an aromatic ring is 1. The number of nitrogens with zero attached hydrogens (tertiary/aromatic N) is 2. The molecule has 4 heteroatoms. The van der Waals surface area contributed by atoms with Gasteiger partial charge in [0.05, 0.1) is 5.69 Å². The lowest BCUT2D eigenvalue weighted by molar-refractivity contribution is 0.883. The summed E-state index contributed by atoms with van der Waals surface area (Å²) in [6.45, 7) is 4.00. The second-order valence-corrected chi connectivity index (χ2v) is 4.54. The Hall–Kier alpha value is -1.29. The summed E-state index contributed by atoms with van der Waals surface area (Å²) in [5, 5.41) is 4.24. The smallest absolute Gasteiger partial charge is 0.148 e. The minimum atomic E-state index is 0.577. The van der Waals surface area contributed by atoms with Crippen LogP contribution in [0.3, 0.4) is 0 Å². The van der Waals surface area contributed by atoms with Gasteiger partial charge >= 0.3 is 0 Å². The molecule has 0 fully saturated rings. The van der Waals surface area contributed by atoms with E-state index in [1.807, 2.05) is 26.1 Å². The van der Waals surface area contributed by atoms with Gasteiger partial charge in [0.15, 0.2) is 0 Å². The molecule has 0 radical (unpaired) electrons. The first-order valence-electron chi connectivity index (χ1n) is 4.65. The summed E-state index contributed by atoms with van der Waals surface area (Å²) in [6.07, 6.45) is 1.93. The van der Waals surface area contributed by atoms with Crippen LogP contribution < -0.4 is 5.73 Å². The zero-order valence-corrected chi connectivity index (χ0v) is 10.2. The summed E-state index contributed by atoms with van der Waals surface area (Å²) in [5.74, 6) is 0.577. The number of aromatic nitrogens is 2. The van der Waals surface area contributed by atoms with Gasteiger partial charge in [-0.15, -0.1) is 0 Å². The van der Waals surface area contributed by atoms with Crippen LogP contribution in [0.4, 0.5) is 5.82 Å². The molecular formula is C11H12BrN3. The van der Waals surface area contributed by atoms with Crippen molar-refractivity contribution in [2.24, 2.45) is 0 Å². The molecule has 0 spiro atoms. The molecule has 1 aromatic carbocycles. The molecular weight excluding hydrogens is 254 g/mol. The Morgan fingerprint density at radius 2 is 2.00 bits per heavy atom. The van der Waals surface area contributed by atoms with Crippen molar-refractivity contribution in [3.63, 3.8) is 0 Å². The molecule has 2 rings (SSSR count). The quantitative estimate of drug-likeness (QED) is 0.862. The Kier molecular flexibility index (Phi) is 2.52. The summed E-state index contributed by atoms with van der Waals surface area (Å²) in [4.78, 5) is 0. The van der Waals surface area contributed by atoms with E-state index in [1.165, 1.54) is 5.56 Å². The lowest BCUT2D eigenvalue weighted by Crippen LogP contribution is -1.96. The Balaban J connectivity index is 2.53. The van der Waals surface area contributed by atoms with E-state index in [1.54, 1.807) is 4.68 Å². The van der Waals surface area contributed by atoms with Gasteiger partial charge in [-0.2, -0.15) is 5.10 Å². The van der Waals surface area contributed by atoms with E-state index in [0.29, 0.717) is 5.82 Å². The lowest BCUT2D eigenvalue weighted by atomic mass is 10.2. The van der Waals surface area contributed by atoms with Crippen LogP contribution >= 0.6 is 15.9 Å². The van der Waals surface area contributed by atoms with Crippen LogP contribution in [0.2, 0.25) is 0 Å². The number of hydrogen-bond acceptors (Lipinski definition) is 2. The van der Waals surface area contributed by atoms with Crippen molar-refractivity contribution in [1.82, 2.24) is 9.78 Å². The number of hydrogen-bond donors (Lipinski definition) is 1. The Bertz CT molecular complexity index is 463. The van der Waals surface area contributed by atoms with Crippen LogP contribution in [0.15, 0.2) is 28.9 Å². The normalized spacial score (nSPS) is 10.6. The van der Waals surface area contributed by atoms with Gasteiger partial charge in [0.25, 0.3) is 0 Å². The zero-order chi connectivity index (χ0) is 11.0. The summed E-state index contributed by atoms with van der Waals surface area (Å²) in [6, 6.07) is 6.14. The Morgan fingerprint density at radius 3 is 2.53 bits per heavy atom. The molecule has 3 nitrogen and oxygen atoms in total. The van der Waals surface area contributed by atoms with Gasteiger partial charge in [-0.3, -0.25) is 0 Å². The van der Waals surface area contributed by atoms with Gasteiger partial charge < -0.3 is 5.73 Å². The van der Waals surface area contributed by atoms with Crippen LogP contribution in [-0.2, 0) is 0 Å². The first-order valence-corrected chi connectivity index (χ1v) is 5.45. The van der Waals surface area contributed by atoms with Crippen molar-refractivity contribution in [2.75, 3.05) is 5.73 Å². The van der Waals surface area contributed by atoms with Gasteiger partial charge in [0.1, 0.15) is 5.82 Å². The van der Waals surface area contributed by atoms with E-state index < -0.39 is 0 Å². The second kappa shape index (κ2) is 3.70. The highest BCUT2D eigenvalue weighted by Gasteiger charge is 2.04. The average molecular weight is 266 g/mol. The topological polar surface area (TPSA) is 43.8 Å². The van der Waals surface area contributed by atoms with Gasteiger partial charge in [-0.1, -0.05) is 15.9 Å². The molecule has 0 atom stereocenters. The highest BCUT2D eigenvalue weighted by molar-refractivity contribution is 9.10. The molecule has 15 heavy (non-hydrogen) atoms. The molecule has 1 heterocycles. The summed E-state index contributed by atoms with van der Waals surface area (Å²) < 4.78 is 2.84. The van der Waals surface area contributed by atoms with Crippen LogP contribution in [0, 0.1) is 13.8 Å². The number of anilines is 1. The first-order chi connectivity index (χ1) is 7.06. The van der Waals surface area contributed by atoms with Gasteiger partial charge in [-0.25, -0.2) is 4.68 Å². The van der Waals surface area contributed by atoms with Crippen LogP contribution in [0.5, 0.6) is 0 Å². The number of halogens is 1. The van der Waals surface area contributed by atoms with Crippen molar-refractivity contribution in [2.45, 2.75) is 13.8 Å². The summed E-state index contributed by atoms with van der Waals surface area (Å²) in [5.41, 5.74) is 8.91. The summed E-state index contributed by atoms with van der Waals surface area (Å²) in [7, 11) is 0.